The van der Waals surface area contributed by atoms with Crippen LogP contribution in [0.4, 0.5) is 13.2 Å². The molecule has 1 aromatic heterocycles. The second kappa shape index (κ2) is 4.37. The van der Waals surface area contributed by atoms with Gasteiger partial charge in [0, 0.05) is 5.56 Å². The molecular formula is C15H11F3N2. The second-order valence-corrected chi connectivity index (χ2v) is 4.60. The van der Waals surface area contributed by atoms with Crippen molar-refractivity contribution in [3.8, 4) is 11.4 Å². The molecule has 3 rings (SSSR count). The van der Waals surface area contributed by atoms with Gasteiger partial charge in [0.25, 0.3) is 0 Å². The molecule has 0 unspecified atom stereocenters. The van der Waals surface area contributed by atoms with Gasteiger partial charge >= 0.3 is 6.18 Å². The second-order valence-electron chi connectivity index (χ2n) is 4.60. The highest BCUT2D eigenvalue weighted by Gasteiger charge is 2.33. The lowest BCUT2D eigenvalue weighted by Crippen LogP contribution is -2.05. The number of H-pyrrole nitrogens is 1. The normalized spacial score (nSPS) is 12.0. The van der Waals surface area contributed by atoms with E-state index >= 15 is 0 Å². The summed E-state index contributed by atoms with van der Waals surface area (Å²) in [7, 11) is 0. The van der Waals surface area contributed by atoms with Gasteiger partial charge in [-0.1, -0.05) is 30.3 Å². The number of hydrogen-bond acceptors (Lipinski definition) is 1. The van der Waals surface area contributed by atoms with Crippen LogP contribution in [0.15, 0.2) is 42.5 Å². The van der Waals surface area contributed by atoms with Gasteiger partial charge in [-0.25, -0.2) is 4.98 Å². The average molecular weight is 276 g/mol. The number of rotatable bonds is 1. The van der Waals surface area contributed by atoms with Crippen molar-refractivity contribution in [2.45, 2.75) is 13.1 Å². The maximum atomic E-state index is 13.0. The Labute approximate surface area is 113 Å². The Morgan fingerprint density at radius 1 is 1.00 bits per heavy atom. The Balaban J connectivity index is 2.24. The molecule has 0 spiro atoms. The van der Waals surface area contributed by atoms with Gasteiger partial charge in [0.2, 0.25) is 0 Å². The molecule has 0 fully saturated rings. The van der Waals surface area contributed by atoms with Crippen LogP contribution < -0.4 is 0 Å². The minimum atomic E-state index is -4.41. The SMILES string of the molecule is Cc1ccccc1-c1nc2c(C(F)(F)F)cccc2[nH]1. The van der Waals surface area contributed by atoms with Crippen LogP contribution in [-0.4, -0.2) is 9.97 Å². The topological polar surface area (TPSA) is 28.7 Å². The highest BCUT2D eigenvalue weighted by Crippen LogP contribution is 2.35. The third-order valence-electron chi connectivity index (χ3n) is 3.22. The predicted octanol–water partition coefficient (Wildman–Crippen LogP) is 4.56. The zero-order valence-corrected chi connectivity index (χ0v) is 10.6. The van der Waals surface area contributed by atoms with Crippen LogP contribution in [0.3, 0.4) is 0 Å². The average Bonchev–Trinajstić information content (AvgIpc) is 2.81. The number of benzene rings is 2. The van der Waals surface area contributed by atoms with Crippen LogP contribution in [0.1, 0.15) is 11.1 Å². The van der Waals surface area contributed by atoms with Crippen LogP contribution in [0, 0.1) is 6.92 Å². The number of hydrogen-bond donors (Lipinski definition) is 1. The summed E-state index contributed by atoms with van der Waals surface area (Å²) in [5.41, 5.74) is 1.39. The molecule has 102 valence electrons. The lowest BCUT2D eigenvalue weighted by molar-refractivity contribution is -0.136. The van der Waals surface area contributed by atoms with E-state index in [4.69, 9.17) is 0 Å². The molecule has 20 heavy (non-hydrogen) atoms. The molecule has 0 saturated carbocycles. The Morgan fingerprint density at radius 2 is 1.75 bits per heavy atom. The minimum Gasteiger partial charge on any atom is -0.338 e. The van der Waals surface area contributed by atoms with E-state index in [0.29, 0.717) is 11.3 Å². The van der Waals surface area contributed by atoms with E-state index in [0.717, 1.165) is 17.2 Å². The molecule has 0 aliphatic heterocycles. The summed E-state index contributed by atoms with van der Waals surface area (Å²) in [5.74, 6) is 0.454. The summed E-state index contributed by atoms with van der Waals surface area (Å²) in [6.45, 7) is 1.90. The maximum absolute atomic E-state index is 13.0. The van der Waals surface area contributed by atoms with Crippen molar-refractivity contribution in [3.05, 3.63) is 53.6 Å². The Kier molecular flexibility index (Phi) is 2.78. The number of halogens is 3. The molecule has 0 bridgehead atoms. The zero-order chi connectivity index (χ0) is 14.3. The molecule has 0 amide bonds. The first-order chi connectivity index (χ1) is 9.47. The first-order valence-electron chi connectivity index (χ1n) is 6.09. The number of nitrogens with one attached hydrogen (secondary N) is 1. The highest BCUT2D eigenvalue weighted by molar-refractivity contribution is 5.83. The number of aromatic nitrogens is 2. The Bertz CT molecular complexity index is 772. The molecule has 2 nitrogen and oxygen atoms in total. The predicted molar refractivity (Wildman–Crippen MR) is 71.3 cm³/mol. The van der Waals surface area contributed by atoms with E-state index in [2.05, 4.69) is 9.97 Å². The number of imidazole rings is 1. The summed E-state index contributed by atoms with van der Waals surface area (Å²) >= 11 is 0. The largest absolute Gasteiger partial charge is 0.418 e. The van der Waals surface area contributed by atoms with Crippen molar-refractivity contribution >= 4 is 11.0 Å². The summed E-state index contributed by atoms with van der Waals surface area (Å²) in [4.78, 5) is 7.09. The van der Waals surface area contributed by atoms with Gasteiger partial charge < -0.3 is 4.98 Å². The molecule has 0 atom stereocenters. The summed E-state index contributed by atoms with van der Waals surface area (Å²) < 4.78 is 38.9. The fraction of sp³-hybridized carbons (Fsp3) is 0.133. The molecule has 0 aliphatic carbocycles. The van der Waals surface area contributed by atoms with Gasteiger partial charge in [0.15, 0.2) is 0 Å². The number of nitrogens with zero attached hydrogens (tertiary/aromatic N) is 1. The molecule has 5 heteroatoms. The van der Waals surface area contributed by atoms with Gasteiger partial charge in [-0.2, -0.15) is 13.2 Å². The Hall–Kier alpha value is -2.30. The lowest BCUT2D eigenvalue weighted by atomic mass is 10.1. The van der Waals surface area contributed by atoms with E-state index in [1.165, 1.54) is 6.07 Å². The highest BCUT2D eigenvalue weighted by atomic mass is 19.4. The number of fused-ring (bicyclic) bond motifs is 1. The van der Waals surface area contributed by atoms with Crippen molar-refractivity contribution in [3.63, 3.8) is 0 Å². The van der Waals surface area contributed by atoms with Crippen molar-refractivity contribution < 1.29 is 13.2 Å². The monoisotopic (exact) mass is 276 g/mol. The van der Waals surface area contributed by atoms with E-state index in [1.54, 1.807) is 6.07 Å². The number of aromatic amines is 1. The fourth-order valence-corrected chi connectivity index (χ4v) is 2.23. The van der Waals surface area contributed by atoms with Crippen LogP contribution in [0.2, 0.25) is 0 Å². The summed E-state index contributed by atoms with van der Waals surface area (Å²) in [5, 5.41) is 0. The molecule has 0 radical (unpaired) electrons. The molecule has 0 saturated heterocycles. The third kappa shape index (κ3) is 2.05. The van der Waals surface area contributed by atoms with Crippen molar-refractivity contribution in [1.29, 1.82) is 0 Å². The van der Waals surface area contributed by atoms with Crippen LogP contribution >= 0.6 is 0 Å². The molecule has 0 aliphatic rings. The van der Waals surface area contributed by atoms with Crippen LogP contribution in [0.5, 0.6) is 0 Å². The number of aryl methyl sites for hydroxylation is 1. The molecule has 1 N–H and O–H groups in total. The Morgan fingerprint density at radius 3 is 2.45 bits per heavy atom. The third-order valence-corrected chi connectivity index (χ3v) is 3.22. The molecule has 2 aromatic carbocycles. The standard InChI is InChI=1S/C15H11F3N2/c1-9-5-2-3-6-10(9)14-19-12-8-4-7-11(13(12)20-14)15(16,17)18/h2-8H,1H3,(H,19,20). The van der Waals surface area contributed by atoms with Gasteiger partial charge in [-0.15, -0.1) is 0 Å². The van der Waals surface area contributed by atoms with Crippen molar-refractivity contribution in [2.75, 3.05) is 0 Å². The van der Waals surface area contributed by atoms with Gasteiger partial charge in [-0.05, 0) is 24.6 Å². The van der Waals surface area contributed by atoms with Crippen molar-refractivity contribution in [1.82, 2.24) is 9.97 Å². The van der Waals surface area contributed by atoms with Gasteiger partial charge in [-0.3, -0.25) is 0 Å². The first-order valence-corrected chi connectivity index (χ1v) is 6.09. The van der Waals surface area contributed by atoms with E-state index in [-0.39, 0.29) is 5.52 Å². The number of alkyl halides is 3. The first kappa shape index (κ1) is 12.7. The van der Waals surface area contributed by atoms with Gasteiger partial charge in [0.1, 0.15) is 11.3 Å². The van der Waals surface area contributed by atoms with E-state index in [1.807, 2.05) is 31.2 Å². The lowest BCUT2D eigenvalue weighted by Gasteiger charge is -2.06. The molecular weight excluding hydrogens is 265 g/mol. The van der Waals surface area contributed by atoms with E-state index in [9.17, 15) is 13.2 Å². The van der Waals surface area contributed by atoms with Crippen LogP contribution in [0.25, 0.3) is 22.4 Å². The summed E-state index contributed by atoms with van der Waals surface area (Å²) in [6.07, 6.45) is -4.41. The maximum Gasteiger partial charge on any atom is 0.418 e. The van der Waals surface area contributed by atoms with Crippen LogP contribution in [-0.2, 0) is 6.18 Å². The quantitative estimate of drug-likeness (QED) is 0.693. The zero-order valence-electron chi connectivity index (χ0n) is 10.6. The minimum absolute atomic E-state index is 0.0433. The van der Waals surface area contributed by atoms with Gasteiger partial charge in [0.05, 0.1) is 11.1 Å². The fourth-order valence-electron chi connectivity index (χ4n) is 2.23. The summed E-state index contributed by atoms with van der Waals surface area (Å²) in [6, 6.07) is 11.5. The smallest absolute Gasteiger partial charge is 0.338 e. The van der Waals surface area contributed by atoms with E-state index < -0.39 is 11.7 Å². The van der Waals surface area contributed by atoms with Crippen molar-refractivity contribution in [2.24, 2.45) is 0 Å². The number of para-hydroxylation sites is 1. The molecule has 3 aromatic rings. The molecule has 1 heterocycles.